The summed E-state index contributed by atoms with van der Waals surface area (Å²) in [4.78, 5) is 0. The highest BCUT2D eigenvalue weighted by molar-refractivity contribution is 5.43. The lowest BCUT2D eigenvalue weighted by atomic mass is 9.81. The van der Waals surface area contributed by atoms with Gasteiger partial charge in [-0.05, 0) is 29.9 Å². The Hall–Kier alpha value is -0.980. The van der Waals surface area contributed by atoms with Crippen molar-refractivity contribution in [1.82, 2.24) is 0 Å². The van der Waals surface area contributed by atoms with Gasteiger partial charge in [-0.15, -0.1) is 0 Å². The van der Waals surface area contributed by atoms with Crippen LogP contribution in [0.1, 0.15) is 122 Å². The summed E-state index contributed by atoms with van der Waals surface area (Å²) in [6, 6.07) is 6.01. The van der Waals surface area contributed by atoms with Crippen LogP contribution in [-0.2, 0) is 11.8 Å². The molecule has 1 heteroatoms. The van der Waals surface area contributed by atoms with Gasteiger partial charge in [0, 0.05) is 5.56 Å². The van der Waals surface area contributed by atoms with Crippen molar-refractivity contribution >= 4 is 0 Å². The molecule has 0 heterocycles. The summed E-state index contributed by atoms with van der Waals surface area (Å²) in [5, 5.41) is 10.2. The van der Waals surface area contributed by atoms with Crippen LogP contribution in [0.25, 0.3) is 0 Å². The lowest BCUT2D eigenvalue weighted by molar-refractivity contribution is 0.443. The Morgan fingerprint density at radius 1 is 0.692 bits per heavy atom. The minimum atomic E-state index is 0.0111. The fourth-order valence-electron chi connectivity index (χ4n) is 3.99. The molecule has 0 aliphatic carbocycles. The molecule has 0 aliphatic heterocycles. The van der Waals surface area contributed by atoms with E-state index in [-0.39, 0.29) is 5.41 Å². The Bertz CT molecular complexity index is 470. The van der Waals surface area contributed by atoms with Gasteiger partial charge < -0.3 is 5.11 Å². The maximum atomic E-state index is 10.2. The summed E-state index contributed by atoms with van der Waals surface area (Å²) < 4.78 is 0. The second kappa shape index (κ2) is 13.2. The Morgan fingerprint density at radius 2 is 1.15 bits per heavy atom. The van der Waals surface area contributed by atoms with Crippen LogP contribution in [0.4, 0.5) is 0 Å². The number of aromatic hydroxyl groups is 1. The van der Waals surface area contributed by atoms with Gasteiger partial charge in [-0.25, -0.2) is 0 Å². The molecule has 1 aromatic carbocycles. The molecule has 0 aliphatic rings. The molecule has 150 valence electrons. The first-order chi connectivity index (χ1) is 12.5. The van der Waals surface area contributed by atoms with E-state index in [1.807, 2.05) is 12.1 Å². The van der Waals surface area contributed by atoms with Crippen LogP contribution >= 0.6 is 0 Å². The quantitative estimate of drug-likeness (QED) is 0.331. The average molecular weight is 361 g/mol. The molecule has 1 N–H and O–H groups in total. The number of hydrogen-bond donors (Lipinski definition) is 1. The van der Waals surface area contributed by atoms with E-state index in [2.05, 4.69) is 33.8 Å². The summed E-state index contributed by atoms with van der Waals surface area (Å²) in [6.07, 6.45) is 19.2. The lowest BCUT2D eigenvalue weighted by Gasteiger charge is -2.24. The molecule has 0 amide bonds. The van der Waals surface area contributed by atoms with Crippen molar-refractivity contribution in [2.45, 2.75) is 123 Å². The molecule has 0 unspecified atom stereocenters. The van der Waals surface area contributed by atoms with E-state index >= 15 is 0 Å². The largest absolute Gasteiger partial charge is 0.508 e. The third kappa shape index (κ3) is 9.64. The van der Waals surface area contributed by atoms with E-state index in [9.17, 15) is 5.11 Å². The molecule has 0 aromatic heterocycles. The zero-order valence-electron chi connectivity index (χ0n) is 18.1. The maximum Gasteiger partial charge on any atom is 0.119 e. The third-order valence-corrected chi connectivity index (χ3v) is 5.43. The molecule has 0 radical (unpaired) electrons. The van der Waals surface area contributed by atoms with Gasteiger partial charge in [0.15, 0.2) is 0 Å². The Balaban J connectivity index is 2.07. The van der Waals surface area contributed by atoms with Crippen LogP contribution in [0.3, 0.4) is 0 Å². The van der Waals surface area contributed by atoms with Crippen molar-refractivity contribution in [3.05, 3.63) is 29.3 Å². The van der Waals surface area contributed by atoms with Gasteiger partial charge in [-0.2, -0.15) is 0 Å². The first-order valence-corrected chi connectivity index (χ1v) is 11.3. The zero-order chi connectivity index (χ0) is 19.3. The fraction of sp³-hybridized carbons (Fsp3) is 0.760. The number of hydrogen-bond acceptors (Lipinski definition) is 1. The number of unbranched alkanes of at least 4 members (excludes halogenated alkanes) is 12. The van der Waals surface area contributed by atoms with Crippen molar-refractivity contribution < 1.29 is 5.11 Å². The van der Waals surface area contributed by atoms with E-state index in [1.165, 1.54) is 89.0 Å². The Kier molecular flexibility index (Phi) is 11.7. The fourth-order valence-corrected chi connectivity index (χ4v) is 3.99. The summed E-state index contributed by atoms with van der Waals surface area (Å²) in [5.74, 6) is 0.463. The van der Waals surface area contributed by atoms with Crippen molar-refractivity contribution in [2.24, 2.45) is 0 Å². The first kappa shape index (κ1) is 23.1. The van der Waals surface area contributed by atoms with Crippen LogP contribution in [0.15, 0.2) is 18.2 Å². The Labute approximate surface area is 163 Å². The Morgan fingerprint density at radius 3 is 1.62 bits per heavy atom. The highest BCUT2D eigenvalue weighted by Gasteiger charge is 2.21. The number of rotatable bonds is 14. The van der Waals surface area contributed by atoms with Crippen molar-refractivity contribution in [3.63, 3.8) is 0 Å². The number of phenolic OH excluding ortho intramolecular Hbond substituents is 1. The second-order valence-corrected chi connectivity index (χ2v) is 9.05. The topological polar surface area (TPSA) is 20.2 Å². The first-order valence-electron chi connectivity index (χ1n) is 11.3. The second-order valence-electron chi connectivity index (χ2n) is 9.05. The van der Waals surface area contributed by atoms with Crippen molar-refractivity contribution in [2.75, 3.05) is 0 Å². The van der Waals surface area contributed by atoms with Crippen LogP contribution in [0, 0.1) is 0 Å². The molecule has 1 aromatic rings. The molecule has 1 nitrogen and oxygen atoms in total. The smallest absolute Gasteiger partial charge is 0.119 e. The summed E-state index contributed by atoms with van der Waals surface area (Å²) in [6.45, 7) is 8.85. The van der Waals surface area contributed by atoms with Crippen molar-refractivity contribution in [3.8, 4) is 5.75 Å². The van der Waals surface area contributed by atoms with Crippen LogP contribution < -0.4 is 0 Å². The van der Waals surface area contributed by atoms with E-state index in [0.29, 0.717) is 5.75 Å². The zero-order valence-corrected chi connectivity index (χ0v) is 18.1. The van der Waals surface area contributed by atoms with Gasteiger partial charge in [0.2, 0.25) is 0 Å². The number of benzene rings is 1. The van der Waals surface area contributed by atoms with Gasteiger partial charge in [0.05, 0.1) is 0 Å². The van der Waals surface area contributed by atoms with Gasteiger partial charge in [0.1, 0.15) is 5.75 Å². The lowest BCUT2D eigenvalue weighted by Crippen LogP contribution is -2.14. The molecule has 0 saturated carbocycles. The SMILES string of the molecule is CCCCCCCCCCCCCCCc1cccc(O)c1C(C)(C)C. The van der Waals surface area contributed by atoms with Crippen LogP contribution in [0.2, 0.25) is 0 Å². The molecule has 0 bridgehead atoms. The van der Waals surface area contributed by atoms with Crippen molar-refractivity contribution in [1.29, 1.82) is 0 Å². The van der Waals surface area contributed by atoms with Gasteiger partial charge >= 0.3 is 0 Å². The summed E-state index contributed by atoms with van der Waals surface area (Å²) >= 11 is 0. The molecule has 26 heavy (non-hydrogen) atoms. The summed E-state index contributed by atoms with van der Waals surface area (Å²) in [7, 11) is 0. The van der Waals surface area contributed by atoms with E-state index in [0.717, 1.165) is 12.0 Å². The molecule has 1 rings (SSSR count). The molecule has 0 spiro atoms. The maximum absolute atomic E-state index is 10.2. The number of phenols is 1. The predicted octanol–water partition coefficient (Wildman–Crippen LogP) is 8.32. The number of aryl methyl sites for hydroxylation is 1. The molecule has 0 saturated heterocycles. The average Bonchev–Trinajstić information content (AvgIpc) is 2.58. The van der Waals surface area contributed by atoms with Gasteiger partial charge in [-0.3, -0.25) is 0 Å². The van der Waals surface area contributed by atoms with Crippen LogP contribution in [0.5, 0.6) is 5.75 Å². The monoisotopic (exact) mass is 360 g/mol. The van der Waals surface area contributed by atoms with Crippen LogP contribution in [-0.4, -0.2) is 5.11 Å². The standard InChI is InChI=1S/C25H44O/c1-5-6-7-8-9-10-11-12-13-14-15-16-17-19-22-20-18-21-23(26)24(22)25(2,3)4/h18,20-21,26H,5-17,19H2,1-4H3. The van der Waals surface area contributed by atoms with E-state index in [1.54, 1.807) is 0 Å². The highest BCUT2D eigenvalue weighted by Crippen LogP contribution is 2.34. The van der Waals surface area contributed by atoms with Gasteiger partial charge in [-0.1, -0.05) is 117 Å². The van der Waals surface area contributed by atoms with Gasteiger partial charge in [0.25, 0.3) is 0 Å². The normalized spacial score (nSPS) is 11.8. The highest BCUT2D eigenvalue weighted by atomic mass is 16.3. The van der Waals surface area contributed by atoms with E-state index < -0.39 is 0 Å². The minimum absolute atomic E-state index is 0.0111. The molecule has 0 fully saturated rings. The minimum Gasteiger partial charge on any atom is -0.508 e. The predicted molar refractivity (Wildman–Crippen MR) is 116 cm³/mol. The molecular weight excluding hydrogens is 316 g/mol. The third-order valence-electron chi connectivity index (χ3n) is 5.43. The summed E-state index contributed by atoms with van der Waals surface area (Å²) in [5.41, 5.74) is 2.48. The molecular formula is C25H44O. The van der Waals surface area contributed by atoms with E-state index in [4.69, 9.17) is 0 Å². The molecule has 0 atom stereocenters.